The number of aromatic nitrogens is 2. The second-order valence-electron chi connectivity index (χ2n) is 4.79. The molecule has 1 rings (SSSR count). The molecule has 1 heterocycles. The monoisotopic (exact) mass is 298 g/mol. The summed E-state index contributed by atoms with van der Waals surface area (Å²) in [5, 5.41) is 14.3. The van der Waals surface area contributed by atoms with Crippen LogP contribution < -0.4 is 10.1 Å². The van der Waals surface area contributed by atoms with Crippen LogP contribution in [0.15, 0.2) is 0 Å². The average molecular weight is 298 g/mol. The third kappa shape index (κ3) is 5.14. The molecule has 0 bridgehead atoms. The first-order chi connectivity index (χ1) is 9.99. The molecule has 1 aromatic rings. The van der Waals surface area contributed by atoms with Crippen molar-refractivity contribution < 1.29 is 14.4 Å². The molecular weight excluding hydrogens is 276 g/mol. The fourth-order valence-electron chi connectivity index (χ4n) is 1.67. The van der Waals surface area contributed by atoms with Gasteiger partial charge in [-0.3, -0.25) is 10.1 Å². The number of hydrogen-bond donors (Lipinski definition) is 1. The summed E-state index contributed by atoms with van der Waals surface area (Å²) in [4.78, 5) is 19.2. The Labute approximate surface area is 124 Å². The number of nitro groups is 1. The van der Waals surface area contributed by atoms with E-state index in [2.05, 4.69) is 15.3 Å². The number of hydrogen-bond acceptors (Lipinski definition) is 7. The van der Waals surface area contributed by atoms with E-state index in [1.165, 1.54) is 7.11 Å². The summed E-state index contributed by atoms with van der Waals surface area (Å²) in [6, 6.07) is 0.0138. The Bertz CT molecular complexity index is 479. The van der Waals surface area contributed by atoms with Crippen molar-refractivity contribution in [1.82, 2.24) is 9.97 Å². The molecule has 0 aromatic carbocycles. The van der Waals surface area contributed by atoms with Crippen LogP contribution in [0.1, 0.15) is 33.0 Å². The van der Waals surface area contributed by atoms with Gasteiger partial charge in [0, 0.05) is 19.6 Å². The van der Waals surface area contributed by atoms with Crippen LogP contribution in [0.5, 0.6) is 5.88 Å². The van der Waals surface area contributed by atoms with Gasteiger partial charge in [0.25, 0.3) is 5.88 Å². The zero-order valence-corrected chi connectivity index (χ0v) is 12.9. The number of methoxy groups -OCH3 is 1. The zero-order valence-electron chi connectivity index (χ0n) is 12.9. The van der Waals surface area contributed by atoms with Crippen LogP contribution in [-0.2, 0) is 11.2 Å². The Hall–Kier alpha value is -1.96. The van der Waals surface area contributed by atoms with Crippen molar-refractivity contribution in [3.8, 4) is 5.88 Å². The normalized spacial score (nSPS) is 10.7. The van der Waals surface area contributed by atoms with Gasteiger partial charge in [-0.1, -0.05) is 6.92 Å². The topological polar surface area (TPSA) is 99.4 Å². The Kier molecular flexibility index (Phi) is 6.80. The summed E-state index contributed by atoms with van der Waals surface area (Å²) >= 11 is 0. The highest BCUT2D eigenvalue weighted by Crippen LogP contribution is 2.32. The van der Waals surface area contributed by atoms with E-state index in [4.69, 9.17) is 9.47 Å². The highest BCUT2D eigenvalue weighted by molar-refractivity contribution is 5.62. The molecule has 0 saturated carbocycles. The SMILES string of the molecule is CCCc1nc(NC(C)C)c([N+](=O)[O-])c(OCCOC)n1. The molecular formula is C13H22N4O4. The molecule has 0 aliphatic carbocycles. The molecule has 0 atom stereocenters. The smallest absolute Gasteiger partial charge is 0.372 e. The summed E-state index contributed by atoms with van der Waals surface area (Å²) in [5.74, 6) is 0.707. The number of nitrogens with one attached hydrogen (secondary N) is 1. The molecule has 0 spiro atoms. The van der Waals surface area contributed by atoms with Crippen LogP contribution >= 0.6 is 0 Å². The number of rotatable bonds is 9. The van der Waals surface area contributed by atoms with Crippen molar-refractivity contribution in [3.63, 3.8) is 0 Å². The van der Waals surface area contributed by atoms with Crippen molar-refractivity contribution in [2.75, 3.05) is 25.6 Å². The van der Waals surface area contributed by atoms with Crippen molar-refractivity contribution in [2.24, 2.45) is 0 Å². The van der Waals surface area contributed by atoms with Gasteiger partial charge in [0.05, 0.1) is 11.5 Å². The van der Waals surface area contributed by atoms with Crippen molar-refractivity contribution >= 4 is 11.5 Å². The first-order valence-electron chi connectivity index (χ1n) is 6.93. The predicted octanol–water partition coefficient (Wildman–Crippen LogP) is 2.18. The minimum Gasteiger partial charge on any atom is -0.470 e. The number of nitrogens with zero attached hydrogens (tertiary/aromatic N) is 3. The molecule has 0 amide bonds. The van der Waals surface area contributed by atoms with E-state index in [1.807, 2.05) is 20.8 Å². The van der Waals surface area contributed by atoms with Crippen molar-refractivity contribution in [2.45, 2.75) is 39.7 Å². The minimum atomic E-state index is -0.525. The van der Waals surface area contributed by atoms with Gasteiger partial charge in [0.1, 0.15) is 12.4 Å². The van der Waals surface area contributed by atoms with Gasteiger partial charge in [-0.05, 0) is 20.3 Å². The Morgan fingerprint density at radius 2 is 2.05 bits per heavy atom. The molecule has 118 valence electrons. The lowest BCUT2D eigenvalue weighted by Gasteiger charge is -2.13. The van der Waals surface area contributed by atoms with Crippen molar-refractivity contribution in [3.05, 3.63) is 15.9 Å². The molecule has 1 N–H and O–H groups in total. The maximum atomic E-state index is 11.3. The molecule has 0 aliphatic heterocycles. The second-order valence-corrected chi connectivity index (χ2v) is 4.79. The molecule has 0 unspecified atom stereocenters. The molecule has 0 fully saturated rings. The summed E-state index contributed by atoms with van der Waals surface area (Å²) in [6.45, 7) is 6.29. The lowest BCUT2D eigenvalue weighted by Crippen LogP contribution is -2.16. The van der Waals surface area contributed by atoms with Gasteiger partial charge in [0.15, 0.2) is 0 Å². The summed E-state index contributed by atoms with van der Waals surface area (Å²) in [5.41, 5.74) is -0.236. The zero-order chi connectivity index (χ0) is 15.8. The van der Waals surface area contributed by atoms with Gasteiger partial charge in [-0.2, -0.15) is 4.98 Å². The highest BCUT2D eigenvalue weighted by Gasteiger charge is 2.26. The number of aryl methyl sites for hydroxylation is 1. The quantitative estimate of drug-likeness (QED) is 0.423. The van der Waals surface area contributed by atoms with E-state index in [0.29, 0.717) is 18.9 Å². The summed E-state index contributed by atoms with van der Waals surface area (Å²) in [6.07, 6.45) is 1.47. The van der Waals surface area contributed by atoms with Gasteiger partial charge in [-0.25, -0.2) is 4.98 Å². The van der Waals surface area contributed by atoms with E-state index in [0.717, 1.165) is 6.42 Å². The first kappa shape index (κ1) is 17.1. The second kappa shape index (κ2) is 8.35. The third-order valence-electron chi connectivity index (χ3n) is 2.51. The summed E-state index contributed by atoms with van der Waals surface area (Å²) in [7, 11) is 1.53. The first-order valence-corrected chi connectivity index (χ1v) is 6.93. The average Bonchev–Trinajstić information content (AvgIpc) is 2.38. The van der Waals surface area contributed by atoms with Crippen molar-refractivity contribution in [1.29, 1.82) is 0 Å². The van der Waals surface area contributed by atoms with E-state index >= 15 is 0 Å². The van der Waals surface area contributed by atoms with Crippen LogP contribution in [-0.4, -0.2) is 41.3 Å². The van der Waals surface area contributed by atoms with Gasteiger partial charge >= 0.3 is 5.69 Å². The van der Waals surface area contributed by atoms with E-state index in [-0.39, 0.29) is 30.0 Å². The lowest BCUT2D eigenvalue weighted by atomic mass is 10.3. The fraction of sp³-hybridized carbons (Fsp3) is 0.692. The highest BCUT2D eigenvalue weighted by atomic mass is 16.6. The van der Waals surface area contributed by atoms with Gasteiger partial charge < -0.3 is 14.8 Å². The van der Waals surface area contributed by atoms with Crippen LogP contribution in [0.3, 0.4) is 0 Å². The van der Waals surface area contributed by atoms with Crippen LogP contribution in [0.25, 0.3) is 0 Å². The minimum absolute atomic E-state index is 0.0138. The number of anilines is 1. The molecule has 0 radical (unpaired) electrons. The van der Waals surface area contributed by atoms with Crippen LogP contribution in [0.2, 0.25) is 0 Å². The predicted molar refractivity (Wildman–Crippen MR) is 78.8 cm³/mol. The largest absolute Gasteiger partial charge is 0.470 e. The lowest BCUT2D eigenvalue weighted by molar-refractivity contribution is -0.385. The standard InChI is InChI=1S/C13H22N4O4/c1-5-6-10-15-12(14-9(2)3)11(17(18)19)13(16-10)21-8-7-20-4/h9H,5-8H2,1-4H3,(H,14,15,16). The number of ether oxygens (including phenoxy) is 2. The third-order valence-corrected chi connectivity index (χ3v) is 2.51. The molecule has 8 heteroatoms. The molecule has 21 heavy (non-hydrogen) atoms. The molecule has 8 nitrogen and oxygen atoms in total. The van der Waals surface area contributed by atoms with E-state index in [9.17, 15) is 10.1 Å². The Morgan fingerprint density at radius 1 is 1.33 bits per heavy atom. The molecule has 0 aliphatic rings. The molecule has 1 aromatic heterocycles. The van der Waals surface area contributed by atoms with E-state index in [1.54, 1.807) is 0 Å². The van der Waals surface area contributed by atoms with Crippen LogP contribution in [0, 0.1) is 10.1 Å². The Balaban J connectivity index is 3.20. The van der Waals surface area contributed by atoms with Gasteiger partial charge in [0.2, 0.25) is 5.82 Å². The van der Waals surface area contributed by atoms with Gasteiger partial charge in [-0.15, -0.1) is 0 Å². The Morgan fingerprint density at radius 3 is 2.57 bits per heavy atom. The maximum absolute atomic E-state index is 11.3. The van der Waals surface area contributed by atoms with E-state index < -0.39 is 4.92 Å². The summed E-state index contributed by atoms with van der Waals surface area (Å²) < 4.78 is 10.3. The molecule has 0 saturated heterocycles. The van der Waals surface area contributed by atoms with Crippen LogP contribution in [0.4, 0.5) is 11.5 Å². The fourth-order valence-corrected chi connectivity index (χ4v) is 1.67. The maximum Gasteiger partial charge on any atom is 0.372 e.